The van der Waals surface area contributed by atoms with Crippen molar-refractivity contribution in [1.82, 2.24) is 25.3 Å². The van der Waals surface area contributed by atoms with Crippen LogP contribution in [0.5, 0.6) is 0 Å². The number of aromatic nitrogens is 4. The molecule has 3 rings (SSSR count). The van der Waals surface area contributed by atoms with Crippen LogP contribution in [0.15, 0.2) is 18.5 Å². The minimum absolute atomic E-state index is 0.271. The molecule has 2 aromatic rings. The van der Waals surface area contributed by atoms with Crippen molar-refractivity contribution in [3.8, 4) is 0 Å². The minimum Gasteiger partial charge on any atom is -0.332 e. The molecule has 0 atom stereocenters. The van der Waals surface area contributed by atoms with Crippen LogP contribution in [0.25, 0.3) is 0 Å². The molecule has 0 radical (unpaired) electrons. The molecule has 0 aromatic carbocycles. The molecule has 0 spiro atoms. The summed E-state index contributed by atoms with van der Waals surface area (Å²) in [5.41, 5.74) is 3.47. The SMILES string of the molecule is CCn1nncc1CNC(=O)Nc1cc2c(cn1)CCCC2. The lowest BCUT2D eigenvalue weighted by Gasteiger charge is -2.16. The number of amides is 2. The number of aryl methyl sites for hydroxylation is 3. The number of anilines is 1. The van der Waals surface area contributed by atoms with E-state index in [1.54, 1.807) is 10.9 Å². The zero-order valence-electron chi connectivity index (χ0n) is 12.7. The molecule has 0 aliphatic heterocycles. The second-order valence-electron chi connectivity index (χ2n) is 5.39. The Kier molecular flexibility index (Phi) is 4.32. The number of fused-ring (bicyclic) bond motifs is 1. The van der Waals surface area contributed by atoms with Crippen LogP contribution < -0.4 is 10.6 Å². The predicted molar refractivity (Wildman–Crippen MR) is 82.4 cm³/mol. The van der Waals surface area contributed by atoms with Crippen molar-refractivity contribution in [2.24, 2.45) is 0 Å². The number of pyridine rings is 1. The maximum Gasteiger partial charge on any atom is 0.320 e. The number of rotatable bonds is 4. The van der Waals surface area contributed by atoms with Gasteiger partial charge < -0.3 is 5.32 Å². The normalized spacial score (nSPS) is 13.5. The maximum absolute atomic E-state index is 12.0. The molecule has 2 amide bonds. The molecule has 2 heterocycles. The molecule has 0 saturated heterocycles. The van der Waals surface area contributed by atoms with Gasteiger partial charge in [0.1, 0.15) is 5.82 Å². The molecule has 0 fully saturated rings. The summed E-state index contributed by atoms with van der Waals surface area (Å²) in [6.07, 6.45) is 8.11. The molecular weight excluding hydrogens is 280 g/mol. The van der Waals surface area contributed by atoms with E-state index in [0.29, 0.717) is 12.4 Å². The second kappa shape index (κ2) is 6.55. The third kappa shape index (κ3) is 3.24. The van der Waals surface area contributed by atoms with E-state index in [4.69, 9.17) is 0 Å². The van der Waals surface area contributed by atoms with Gasteiger partial charge in [-0.2, -0.15) is 0 Å². The van der Waals surface area contributed by atoms with Crippen molar-refractivity contribution in [2.75, 3.05) is 5.32 Å². The van der Waals surface area contributed by atoms with Gasteiger partial charge in [-0.3, -0.25) is 5.32 Å². The summed E-state index contributed by atoms with van der Waals surface area (Å²) in [7, 11) is 0. The van der Waals surface area contributed by atoms with Crippen LogP contribution in [0.3, 0.4) is 0 Å². The summed E-state index contributed by atoms with van der Waals surface area (Å²) in [5.74, 6) is 0.597. The Labute approximate surface area is 129 Å². The van der Waals surface area contributed by atoms with Gasteiger partial charge >= 0.3 is 6.03 Å². The van der Waals surface area contributed by atoms with Crippen molar-refractivity contribution >= 4 is 11.8 Å². The average molecular weight is 300 g/mol. The largest absolute Gasteiger partial charge is 0.332 e. The van der Waals surface area contributed by atoms with Gasteiger partial charge in [0, 0.05) is 12.7 Å². The number of carbonyl (C=O) groups excluding carboxylic acids is 1. The van der Waals surface area contributed by atoms with Crippen LogP contribution in [0.2, 0.25) is 0 Å². The highest BCUT2D eigenvalue weighted by Crippen LogP contribution is 2.22. The molecular formula is C15H20N6O. The maximum atomic E-state index is 12.0. The van der Waals surface area contributed by atoms with Crippen molar-refractivity contribution in [3.05, 3.63) is 35.3 Å². The Balaban J connectivity index is 1.57. The summed E-state index contributed by atoms with van der Waals surface area (Å²) in [5, 5.41) is 13.3. The van der Waals surface area contributed by atoms with Gasteiger partial charge in [0.2, 0.25) is 0 Å². The first-order valence-corrected chi connectivity index (χ1v) is 7.66. The average Bonchev–Trinajstić information content (AvgIpc) is 3.00. The lowest BCUT2D eigenvalue weighted by molar-refractivity contribution is 0.251. The number of urea groups is 1. The molecule has 7 heteroatoms. The Bertz CT molecular complexity index is 666. The van der Waals surface area contributed by atoms with E-state index in [0.717, 1.165) is 25.1 Å². The van der Waals surface area contributed by atoms with Gasteiger partial charge in [0.15, 0.2) is 0 Å². The number of carbonyl (C=O) groups is 1. The topological polar surface area (TPSA) is 84.7 Å². The van der Waals surface area contributed by atoms with Crippen molar-refractivity contribution in [1.29, 1.82) is 0 Å². The quantitative estimate of drug-likeness (QED) is 0.903. The Morgan fingerprint density at radius 2 is 2.09 bits per heavy atom. The van der Waals surface area contributed by atoms with Crippen LogP contribution in [-0.4, -0.2) is 26.0 Å². The van der Waals surface area contributed by atoms with E-state index in [2.05, 4.69) is 25.9 Å². The van der Waals surface area contributed by atoms with Gasteiger partial charge in [-0.25, -0.2) is 14.5 Å². The molecule has 0 saturated carbocycles. The zero-order valence-corrected chi connectivity index (χ0v) is 12.7. The van der Waals surface area contributed by atoms with E-state index < -0.39 is 0 Å². The summed E-state index contributed by atoms with van der Waals surface area (Å²) < 4.78 is 1.75. The van der Waals surface area contributed by atoms with Gasteiger partial charge in [-0.15, -0.1) is 5.10 Å². The van der Waals surface area contributed by atoms with Crippen molar-refractivity contribution in [2.45, 2.75) is 45.7 Å². The van der Waals surface area contributed by atoms with E-state index >= 15 is 0 Å². The van der Waals surface area contributed by atoms with Crippen LogP contribution in [0.4, 0.5) is 10.6 Å². The molecule has 1 aliphatic carbocycles. The Morgan fingerprint density at radius 3 is 2.91 bits per heavy atom. The highest BCUT2D eigenvalue weighted by atomic mass is 16.2. The van der Waals surface area contributed by atoms with Gasteiger partial charge in [-0.05, 0) is 49.8 Å². The summed E-state index contributed by atoms with van der Waals surface area (Å²) in [6, 6.07) is 1.71. The predicted octanol–water partition coefficient (Wildman–Crippen LogP) is 1.89. The molecule has 7 nitrogen and oxygen atoms in total. The highest BCUT2D eigenvalue weighted by Gasteiger charge is 2.12. The standard InChI is InChI=1S/C15H20N6O/c1-2-21-13(10-18-20-21)9-17-15(22)19-14-7-11-5-3-4-6-12(11)8-16-14/h7-8,10H,2-6,9H2,1H3,(H2,16,17,19,22). The van der Waals surface area contributed by atoms with Gasteiger partial charge in [0.05, 0.1) is 18.4 Å². The van der Waals surface area contributed by atoms with Gasteiger partial charge in [-0.1, -0.05) is 5.21 Å². The molecule has 116 valence electrons. The number of hydrogen-bond acceptors (Lipinski definition) is 4. The van der Waals surface area contributed by atoms with Crippen LogP contribution in [0, 0.1) is 0 Å². The number of hydrogen-bond donors (Lipinski definition) is 2. The van der Waals surface area contributed by atoms with E-state index in [1.165, 1.54) is 24.0 Å². The molecule has 2 aromatic heterocycles. The molecule has 1 aliphatic rings. The Morgan fingerprint density at radius 1 is 1.27 bits per heavy atom. The Hall–Kier alpha value is -2.44. The first-order chi connectivity index (χ1) is 10.8. The summed E-state index contributed by atoms with van der Waals surface area (Å²) >= 11 is 0. The van der Waals surface area contributed by atoms with E-state index in [9.17, 15) is 4.79 Å². The lowest BCUT2D eigenvalue weighted by atomic mass is 9.93. The van der Waals surface area contributed by atoms with E-state index in [1.807, 2.05) is 19.2 Å². The minimum atomic E-state index is -0.271. The third-order valence-electron chi connectivity index (χ3n) is 3.89. The third-order valence-corrected chi connectivity index (χ3v) is 3.89. The summed E-state index contributed by atoms with van der Waals surface area (Å²) in [4.78, 5) is 16.3. The van der Waals surface area contributed by atoms with Gasteiger partial charge in [0.25, 0.3) is 0 Å². The molecule has 22 heavy (non-hydrogen) atoms. The van der Waals surface area contributed by atoms with Crippen LogP contribution >= 0.6 is 0 Å². The first kappa shape index (κ1) is 14.5. The van der Waals surface area contributed by atoms with Crippen LogP contribution in [0.1, 0.15) is 36.6 Å². The number of nitrogens with one attached hydrogen (secondary N) is 2. The van der Waals surface area contributed by atoms with Crippen molar-refractivity contribution in [3.63, 3.8) is 0 Å². The smallest absolute Gasteiger partial charge is 0.320 e. The summed E-state index contributed by atoms with van der Waals surface area (Å²) in [6.45, 7) is 3.10. The fourth-order valence-electron chi connectivity index (χ4n) is 2.70. The molecule has 2 N–H and O–H groups in total. The molecule has 0 bridgehead atoms. The first-order valence-electron chi connectivity index (χ1n) is 7.66. The lowest BCUT2D eigenvalue weighted by Crippen LogP contribution is -2.29. The molecule has 0 unspecified atom stereocenters. The fourth-order valence-corrected chi connectivity index (χ4v) is 2.70. The van der Waals surface area contributed by atoms with E-state index in [-0.39, 0.29) is 6.03 Å². The highest BCUT2D eigenvalue weighted by molar-refractivity contribution is 5.88. The second-order valence-corrected chi connectivity index (χ2v) is 5.39. The zero-order chi connectivity index (χ0) is 15.4. The monoisotopic (exact) mass is 300 g/mol. The van der Waals surface area contributed by atoms with Crippen LogP contribution in [-0.2, 0) is 25.9 Å². The fraction of sp³-hybridized carbons (Fsp3) is 0.467. The number of nitrogens with zero attached hydrogens (tertiary/aromatic N) is 4. The van der Waals surface area contributed by atoms with Crippen molar-refractivity contribution < 1.29 is 4.79 Å².